The first kappa shape index (κ1) is 14.0. The molecule has 19 heavy (non-hydrogen) atoms. The number of carboxylic acid groups (broad SMARTS) is 1. The number of pyridine rings is 1. The third-order valence-electron chi connectivity index (χ3n) is 3.47. The van der Waals surface area contributed by atoms with Crippen molar-refractivity contribution in [2.24, 2.45) is 5.92 Å². The topological polar surface area (TPSA) is 87.6 Å². The molecule has 0 saturated carbocycles. The second-order valence-electron chi connectivity index (χ2n) is 4.56. The normalized spacial score (nSPS) is 24.5. The van der Waals surface area contributed by atoms with Crippen molar-refractivity contribution >= 4 is 16.0 Å². The molecular formula is C12H16N2O4S. The number of hydrogen-bond donors (Lipinski definition) is 1. The molecule has 0 aliphatic carbocycles. The van der Waals surface area contributed by atoms with E-state index in [-0.39, 0.29) is 24.8 Å². The molecule has 1 aromatic rings. The Bertz CT molecular complexity index is 558. The largest absolute Gasteiger partial charge is 0.481 e. The first-order valence-electron chi connectivity index (χ1n) is 6.06. The van der Waals surface area contributed by atoms with Crippen molar-refractivity contribution in [2.45, 2.75) is 12.8 Å². The zero-order chi connectivity index (χ0) is 14.0. The Morgan fingerprint density at radius 2 is 2.26 bits per heavy atom. The van der Waals surface area contributed by atoms with E-state index in [1.165, 1.54) is 4.31 Å². The highest BCUT2D eigenvalue weighted by molar-refractivity contribution is 7.89. The lowest BCUT2D eigenvalue weighted by Gasteiger charge is -2.15. The molecule has 0 spiro atoms. The molecule has 2 rings (SSSR count). The van der Waals surface area contributed by atoms with Gasteiger partial charge in [-0.15, -0.1) is 0 Å². The van der Waals surface area contributed by atoms with E-state index in [4.69, 9.17) is 0 Å². The molecule has 2 unspecified atom stereocenters. The second kappa shape index (κ2) is 5.26. The Morgan fingerprint density at radius 3 is 2.79 bits per heavy atom. The summed E-state index contributed by atoms with van der Waals surface area (Å²) >= 11 is 0. The van der Waals surface area contributed by atoms with Crippen LogP contribution in [-0.2, 0) is 14.8 Å². The summed E-state index contributed by atoms with van der Waals surface area (Å²) in [5.74, 6) is -2.04. The Kier molecular flexibility index (Phi) is 3.86. The summed E-state index contributed by atoms with van der Waals surface area (Å²) < 4.78 is 25.0. The highest BCUT2D eigenvalue weighted by Gasteiger charge is 2.42. The maximum absolute atomic E-state index is 11.9. The molecule has 1 aliphatic heterocycles. The van der Waals surface area contributed by atoms with Crippen LogP contribution in [0.4, 0.5) is 0 Å². The van der Waals surface area contributed by atoms with Crippen LogP contribution >= 0.6 is 0 Å². The number of aliphatic carboxylic acids is 1. The Morgan fingerprint density at radius 1 is 1.53 bits per heavy atom. The summed E-state index contributed by atoms with van der Waals surface area (Å²) in [6.45, 7) is 1.80. The van der Waals surface area contributed by atoms with Crippen molar-refractivity contribution in [1.29, 1.82) is 0 Å². The molecule has 2 heterocycles. The van der Waals surface area contributed by atoms with Gasteiger partial charge in [-0.05, 0) is 18.6 Å². The van der Waals surface area contributed by atoms with Crippen molar-refractivity contribution in [2.75, 3.05) is 18.8 Å². The Balaban J connectivity index is 2.31. The van der Waals surface area contributed by atoms with Crippen LogP contribution in [0.5, 0.6) is 0 Å². The molecule has 2 atom stereocenters. The van der Waals surface area contributed by atoms with Gasteiger partial charge in [0, 0.05) is 31.4 Å². The molecule has 1 N–H and O–H groups in total. The minimum Gasteiger partial charge on any atom is -0.481 e. The van der Waals surface area contributed by atoms with E-state index in [1.54, 1.807) is 31.5 Å². The fourth-order valence-corrected chi connectivity index (χ4v) is 3.50. The number of carboxylic acids is 1. The van der Waals surface area contributed by atoms with Crippen LogP contribution < -0.4 is 0 Å². The molecule has 1 aromatic heterocycles. The quantitative estimate of drug-likeness (QED) is 0.871. The van der Waals surface area contributed by atoms with E-state index in [9.17, 15) is 18.3 Å². The van der Waals surface area contributed by atoms with Gasteiger partial charge in [-0.3, -0.25) is 9.78 Å². The minimum absolute atomic E-state index is 0.0148. The number of sulfonamides is 1. The Hall–Kier alpha value is -1.47. The average Bonchev–Trinajstić information content (AvgIpc) is 2.85. The first-order chi connectivity index (χ1) is 8.95. The lowest BCUT2D eigenvalue weighted by Crippen LogP contribution is -2.31. The van der Waals surface area contributed by atoms with Gasteiger partial charge >= 0.3 is 5.97 Å². The summed E-state index contributed by atoms with van der Waals surface area (Å²) in [5, 5.41) is 9.26. The molecule has 104 valence electrons. The van der Waals surface area contributed by atoms with Crippen molar-refractivity contribution in [3.63, 3.8) is 0 Å². The monoisotopic (exact) mass is 284 g/mol. The van der Waals surface area contributed by atoms with Crippen LogP contribution in [-0.4, -0.2) is 47.6 Å². The minimum atomic E-state index is -3.36. The van der Waals surface area contributed by atoms with Gasteiger partial charge in [-0.1, -0.05) is 6.07 Å². The number of rotatable bonds is 4. The van der Waals surface area contributed by atoms with Gasteiger partial charge in [-0.2, -0.15) is 0 Å². The van der Waals surface area contributed by atoms with Gasteiger partial charge in [0.05, 0.1) is 11.7 Å². The van der Waals surface area contributed by atoms with Crippen LogP contribution in [0.25, 0.3) is 0 Å². The van der Waals surface area contributed by atoms with Gasteiger partial charge < -0.3 is 5.11 Å². The lowest BCUT2D eigenvalue weighted by molar-refractivity contribution is -0.141. The molecule has 0 radical (unpaired) electrons. The van der Waals surface area contributed by atoms with Gasteiger partial charge in [-0.25, -0.2) is 12.7 Å². The predicted octanol–water partition coefficient (Wildman–Crippen LogP) is 0.531. The molecule has 7 heteroatoms. The summed E-state index contributed by atoms with van der Waals surface area (Å²) in [6, 6.07) is 3.51. The molecule has 1 fully saturated rings. The average molecular weight is 284 g/mol. The van der Waals surface area contributed by atoms with Crippen molar-refractivity contribution in [3.05, 3.63) is 30.1 Å². The van der Waals surface area contributed by atoms with Gasteiger partial charge in [0.2, 0.25) is 10.0 Å². The molecule has 6 nitrogen and oxygen atoms in total. The Labute approximate surface area is 112 Å². The van der Waals surface area contributed by atoms with E-state index in [0.717, 1.165) is 5.56 Å². The van der Waals surface area contributed by atoms with Crippen molar-refractivity contribution in [1.82, 2.24) is 9.29 Å². The molecule has 1 saturated heterocycles. The third-order valence-corrected chi connectivity index (χ3v) is 5.29. The fourth-order valence-electron chi connectivity index (χ4n) is 2.36. The fraction of sp³-hybridized carbons (Fsp3) is 0.500. The molecule has 0 amide bonds. The first-order valence-corrected chi connectivity index (χ1v) is 7.67. The van der Waals surface area contributed by atoms with Crippen LogP contribution in [0, 0.1) is 5.92 Å². The molecule has 0 aromatic carbocycles. The van der Waals surface area contributed by atoms with Crippen molar-refractivity contribution in [3.8, 4) is 0 Å². The summed E-state index contributed by atoms with van der Waals surface area (Å²) in [4.78, 5) is 15.3. The highest BCUT2D eigenvalue weighted by atomic mass is 32.2. The van der Waals surface area contributed by atoms with Gasteiger partial charge in [0.15, 0.2) is 0 Å². The number of carbonyl (C=O) groups is 1. The summed E-state index contributed by atoms with van der Waals surface area (Å²) in [6.07, 6.45) is 3.21. The van der Waals surface area contributed by atoms with E-state index in [2.05, 4.69) is 4.98 Å². The maximum atomic E-state index is 11.9. The van der Waals surface area contributed by atoms with E-state index < -0.39 is 21.9 Å². The third kappa shape index (κ3) is 2.76. The standard InChI is InChI=1S/C12H16N2O4S/c1-2-19(17,18)14-7-10(11(8-14)12(15)16)9-4-3-5-13-6-9/h3-6,10-11H,2,7-8H2,1H3,(H,15,16). The van der Waals surface area contributed by atoms with Crippen molar-refractivity contribution < 1.29 is 18.3 Å². The van der Waals surface area contributed by atoms with Gasteiger partial charge in [0.1, 0.15) is 0 Å². The van der Waals surface area contributed by atoms with Crippen LogP contribution in [0.3, 0.4) is 0 Å². The number of hydrogen-bond acceptors (Lipinski definition) is 4. The predicted molar refractivity (Wildman–Crippen MR) is 69.1 cm³/mol. The molecular weight excluding hydrogens is 268 g/mol. The van der Waals surface area contributed by atoms with E-state index >= 15 is 0 Å². The number of nitrogens with zero attached hydrogens (tertiary/aromatic N) is 2. The zero-order valence-electron chi connectivity index (χ0n) is 10.6. The van der Waals surface area contributed by atoms with Crippen LogP contribution in [0.2, 0.25) is 0 Å². The van der Waals surface area contributed by atoms with Crippen LogP contribution in [0.1, 0.15) is 18.4 Å². The number of aromatic nitrogens is 1. The van der Waals surface area contributed by atoms with E-state index in [1.807, 2.05) is 0 Å². The SMILES string of the molecule is CCS(=O)(=O)N1CC(C(=O)O)C(c2cccnc2)C1. The van der Waals surface area contributed by atoms with Gasteiger partial charge in [0.25, 0.3) is 0 Å². The molecule has 1 aliphatic rings. The summed E-state index contributed by atoms with van der Waals surface area (Å²) in [5.41, 5.74) is 0.767. The highest BCUT2D eigenvalue weighted by Crippen LogP contribution is 2.33. The van der Waals surface area contributed by atoms with Crippen LogP contribution in [0.15, 0.2) is 24.5 Å². The smallest absolute Gasteiger partial charge is 0.308 e. The summed E-state index contributed by atoms with van der Waals surface area (Å²) in [7, 11) is -3.36. The lowest BCUT2D eigenvalue weighted by atomic mass is 9.90. The zero-order valence-corrected chi connectivity index (χ0v) is 11.4. The second-order valence-corrected chi connectivity index (χ2v) is 6.81. The molecule has 0 bridgehead atoms. The van der Waals surface area contributed by atoms with E-state index in [0.29, 0.717) is 0 Å². The maximum Gasteiger partial charge on any atom is 0.308 e.